The van der Waals surface area contributed by atoms with Gasteiger partial charge in [-0.15, -0.1) is 0 Å². The molecule has 0 aliphatic carbocycles. The molecule has 0 amide bonds. The Morgan fingerprint density at radius 3 is 1.50 bits per heavy atom. The largest absolute Gasteiger partial charge is 1.00 e. The van der Waals surface area contributed by atoms with Crippen LogP contribution in [0.4, 0.5) is 11.4 Å². The number of anilines is 2. The molecule has 0 spiro atoms. The van der Waals surface area contributed by atoms with Gasteiger partial charge in [0, 0.05) is 27.1 Å². The van der Waals surface area contributed by atoms with Crippen LogP contribution in [0.1, 0.15) is 5.56 Å². The summed E-state index contributed by atoms with van der Waals surface area (Å²) in [6.07, 6.45) is 0. The fourth-order valence-corrected chi connectivity index (χ4v) is 5.75. The summed E-state index contributed by atoms with van der Waals surface area (Å²) >= 11 is 0. The number of aliphatic hydroxyl groups excluding tert-OH is 1. The maximum absolute atomic E-state index is 13.2. The van der Waals surface area contributed by atoms with Gasteiger partial charge < -0.3 is 14.2 Å². The zero-order chi connectivity index (χ0) is 30.2. The summed E-state index contributed by atoms with van der Waals surface area (Å²) < 4.78 is 70.0. The van der Waals surface area contributed by atoms with Crippen LogP contribution in [-0.2, 0) is 26.8 Å². The zero-order valence-electron chi connectivity index (χ0n) is 23.1. The van der Waals surface area contributed by atoms with Crippen molar-refractivity contribution in [2.75, 3.05) is 10.9 Å². The summed E-state index contributed by atoms with van der Waals surface area (Å²) in [5.74, 6) is 0. The zero-order valence-corrected chi connectivity index (χ0v) is 28.8. The average Bonchev–Trinajstić information content (AvgIpc) is 2.95. The van der Waals surface area contributed by atoms with Gasteiger partial charge in [-0.2, -0.15) is 10.2 Å². The SMILES string of the molecule is O=c1c(CO)c/c(=N\Nc2ccc(S(=O)(=O)[O-])c3ccccc23)c(=O)/c1=N/Nc1ccc(S(=O)(=O)[O-])c2ccccc12.[Na+].[Na+]. The van der Waals surface area contributed by atoms with Gasteiger partial charge in [0.25, 0.3) is 0 Å². The first-order valence-electron chi connectivity index (χ1n) is 11.9. The van der Waals surface area contributed by atoms with E-state index in [0.717, 1.165) is 18.2 Å². The topological polar surface area (TPSA) is 218 Å². The van der Waals surface area contributed by atoms with E-state index in [2.05, 4.69) is 21.1 Å². The van der Waals surface area contributed by atoms with E-state index in [1.165, 1.54) is 42.5 Å². The minimum absolute atomic E-state index is 0. The van der Waals surface area contributed by atoms with E-state index >= 15 is 0 Å². The molecule has 0 aromatic heterocycles. The Morgan fingerprint density at radius 1 is 0.636 bits per heavy atom. The van der Waals surface area contributed by atoms with E-state index in [9.17, 15) is 40.6 Å². The fraction of sp³-hybridized carbons (Fsp3) is 0.0370. The molecule has 13 nitrogen and oxygen atoms in total. The summed E-state index contributed by atoms with van der Waals surface area (Å²) in [6.45, 7) is -0.748. The number of hydrogen-bond donors (Lipinski definition) is 3. The van der Waals surface area contributed by atoms with Crippen molar-refractivity contribution in [3.8, 4) is 0 Å². The molecule has 5 rings (SSSR count). The summed E-state index contributed by atoms with van der Waals surface area (Å²) in [5, 5.41) is 17.6. The van der Waals surface area contributed by atoms with Crippen molar-refractivity contribution < 1.29 is 90.2 Å². The van der Waals surface area contributed by atoms with Gasteiger partial charge in [0.2, 0.25) is 10.9 Å². The molecule has 0 radical (unpaired) electrons. The second-order valence-corrected chi connectivity index (χ2v) is 11.6. The molecule has 44 heavy (non-hydrogen) atoms. The van der Waals surface area contributed by atoms with Crippen molar-refractivity contribution >= 4 is 53.2 Å². The van der Waals surface area contributed by atoms with Crippen LogP contribution in [0, 0.1) is 0 Å². The average molecular weight is 653 g/mol. The van der Waals surface area contributed by atoms with Crippen molar-refractivity contribution in [1.29, 1.82) is 0 Å². The van der Waals surface area contributed by atoms with E-state index < -0.39 is 52.8 Å². The van der Waals surface area contributed by atoms with Crippen molar-refractivity contribution in [3.05, 3.63) is 116 Å². The Kier molecular flexibility index (Phi) is 11.4. The molecule has 0 aliphatic heterocycles. The Bertz CT molecular complexity index is 2360. The third kappa shape index (κ3) is 7.19. The van der Waals surface area contributed by atoms with Crippen molar-refractivity contribution in [3.63, 3.8) is 0 Å². The van der Waals surface area contributed by atoms with Crippen LogP contribution in [0.15, 0.2) is 108 Å². The molecule has 0 fully saturated rings. The molecule has 0 saturated heterocycles. The first kappa shape index (κ1) is 35.7. The molecule has 3 N–H and O–H groups in total. The molecule has 0 unspecified atom stereocenters. The summed E-state index contributed by atoms with van der Waals surface area (Å²) in [6, 6.07) is 18.0. The maximum atomic E-state index is 13.2. The fourth-order valence-electron chi connectivity index (χ4n) is 4.39. The minimum Gasteiger partial charge on any atom is -0.744 e. The van der Waals surface area contributed by atoms with Crippen molar-refractivity contribution in [2.45, 2.75) is 16.4 Å². The van der Waals surface area contributed by atoms with Gasteiger partial charge in [0.15, 0.2) is 5.36 Å². The first-order valence-corrected chi connectivity index (χ1v) is 14.8. The first-order chi connectivity index (χ1) is 19.9. The van der Waals surface area contributed by atoms with E-state index in [1.54, 1.807) is 18.2 Å². The predicted octanol–water partition coefficient (Wildman–Crippen LogP) is -5.25. The van der Waals surface area contributed by atoms with Crippen LogP contribution in [0.25, 0.3) is 21.5 Å². The number of nitrogens with zero attached hydrogens (tertiary/aromatic N) is 2. The van der Waals surface area contributed by atoms with E-state index in [1.807, 2.05) is 0 Å². The van der Waals surface area contributed by atoms with Gasteiger partial charge in [-0.25, -0.2) is 16.8 Å². The summed E-state index contributed by atoms with van der Waals surface area (Å²) in [7, 11) is -9.57. The number of fused-ring (bicyclic) bond motifs is 2. The number of nitrogens with one attached hydrogen (secondary N) is 2. The summed E-state index contributed by atoms with van der Waals surface area (Å²) in [4.78, 5) is 25.2. The van der Waals surface area contributed by atoms with Crippen LogP contribution in [0.3, 0.4) is 0 Å². The normalized spacial score (nSPS) is 12.5. The van der Waals surface area contributed by atoms with Gasteiger partial charge in [0.1, 0.15) is 25.6 Å². The van der Waals surface area contributed by atoms with E-state index in [-0.39, 0.29) is 97.6 Å². The molecular weight excluding hydrogens is 634 g/mol. The predicted molar refractivity (Wildman–Crippen MR) is 149 cm³/mol. The van der Waals surface area contributed by atoms with Gasteiger partial charge >= 0.3 is 59.1 Å². The Morgan fingerprint density at radius 2 is 1.07 bits per heavy atom. The quantitative estimate of drug-likeness (QED) is 0.0857. The molecule has 0 heterocycles. The Labute approximate surface area is 293 Å². The van der Waals surface area contributed by atoms with Gasteiger partial charge in [-0.05, 0) is 30.3 Å². The van der Waals surface area contributed by atoms with Crippen LogP contribution in [0.5, 0.6) is 0 Å². The number of benzene rings is 5. The molecule has 17 heteroatoms. The minimum atomic E-state index is -4.80. The maximum Gasteiger partial charge on any atom is 1.00 e. The van der Waals surface area contributed by atoms with Crippen molar-refractivity contribution in [2.24, 2.45) is 10.2 Å². The van der Waals surface area contributed by atoms with Crippen molar-refractivity contribution in [1.82, 2.24) is 0 Å². The van der Waals surface area contributed by atoms with E-state index in [4.69, 9.17) is 0 Å². The second kappa shape index (κ2) is 14.1. The standard InChI is InChI=1S/C27H20N4O9S2.2Na/c32-14-15-13-22(30-28-20-9-11-23(41(35,36)37)18-7-3-1-5-16(18)20)27(34)25(26(15)33)31-29-21-10-12-24(42(38,39)40)19-8-4-2-6-17(19)21;;/h1-13,28-29,32H,14H2,(H,35,36,37)(H,38,39,40);;/q;2*+1/p-2/b30-22+,31-25+;;. The van der Waals surface area contributed by atoms with Crippen LogP contribution in [0.2, 0.25) is 0 Å². The smallest absolute Gasteiger partial charge is 0.744 e. The Balaban J connectivity index is 0.00000264. The van der Waals surface area contributed by atoms with Crippen LogP contribution >= 0.6 is 0 Å². The van der Waals surface area contributed by atoms with Gasteiger partial charge in [-0.3, -0.25) is 20.4 Å². The van der Waals surface area contributed by atoms with Gasteiger partial charge in [0.05, 0.1) is 27.8 Å². The van der Waals surface area contributed by atoms with Crippen LogP contribution < -0.4 is 91.5 Å². The Hall–Kier alpha value is -2.80. The molecule has 214 valence electrons. The molecule has 5 aromatic carbocycles. The number of rotatable bonds is 7. The van der Waals surface area contributed by atoms with E-state index in [0.29, 0.717) is 5.39 Å². The molecule has 0 aliphatic rings. The number of aliphatic hydroxyl groups is 1. The second-order valence-electron chi connectivity index (χ2n) is 8.89. The number of hydrogen-bond acceptors (Lipinski definition) is 13. The third-order valence-corrected chi connectivity index (χ3v) is 8.12. The molecule has 5 aromatic rings. The molecule has 0 saturated carbocycles. The molecular formula is C27H18N4Na2O9S2. The van der Waals surface area contributed by atoms with Crippen LogP contribution in [-0.4, -0.2) is 31.0 Å². The summed E-state index contributed by atoms with van der Waals surface area (Å²) in [5.41, 5.74) is 3.61. The monoisotopic (exact) mass is 652 g/mol. The third-order valence-electron chi connectivity index (χ3n) is 6.33. The molecule has 0 atom stereocenters. The van der Waals surface area contributed by atoms with Gasteiger partial charge in [-0.1, -0.05) is 48.5 Å². The molecule has 0 bridgehead atoms.